The van der Waals surface area contributed by atoms with E-state index in [0.29, 0.717) is 12.8 Å². The summed E-state index contributed by atoms with van der Waals surface area (Å²) < 4.78 is 22.0. The molecule has 4 heteroatoms. The van der Waals surface area contributed by atoms with Crippen LogP contribution in [0.3, 0.4) is 0 Å². The highest BCUT2D eigenvalue weighted by molar-refractivity contribution is 7.91. The van der Waals surface area contributed by atoms with Crippen molar-refractivity contribution in [3.05, 3.63) is 0 Å². The molecule has 0 bridgehead atoms. The van der Waals surface area contributed by atoms with Crippen molar-refractivity contribution in [2.45, 2.75) is 19.8 Å². The fraction of sp³-hybridized carbons (Fsp3) is 0.857. The molecule has 1 aliphatic rings. The van der Waals surface area contributed by atoms with Crippen LogP contribution in [0.2, 0.25) is 0 Å². The predicted molar refractivity (Wildman–Crippen MR) is 41.6 cm³/mol. The van der Waals surface area contributed by atoms with Gasteiger partial charge in [0, 0.05) is 0 Å². The summed E-state index contributed by atoms with van der Waals surface area (Å²) in [7, 11) is -2.90. The van der Waals surface area contributed by atoms with Crippen molar-refractivity contribution in [1.82, 2.24) is 0 Å². The zero-order chi connectivity index (χ0) is 8.54. The van der Waals surface area contributed by atoms with Gasteiger partial charge in [-0.3, -0.25) is 0 Å². The second-order valence-corrected chi connectivity index (χ2v) is 5.27. The van der Waals surface area contributed by atoms with E-state index in [2.05, 4.69) is 6.07 Å². The van der Waals surface area contributed by atoms with Crippen LogP contribution in [0.15, 0.2) is 0 Å². The van der Waals surface area contributed by atoms with Gasteiger partial charge in [0.15, 0.2) is 9.84 Å². The first-order chi connectivity index (χ1) is 5.04. The van der Waals surface area contributed by atoms with E-state index < -0.39 is 15.3 Å². The second kappa shape index (κ2) is 2.49. The Kier molecular flexibility index (Phi) is 1.93. The van der Waals surface area contributed by atoms with Crippen LogP contribution >= 0.6 is 0 Å². The van der Waals surface area contributed by atoms with E-state index in [9.17, 15) is 8.42 Å². The molecule has 0 spiro atoms. The smallest absolute Gasteiger partial charge is 0.151 e. The standard InChI is InChI=1S/C7H11NO2S/c1-2-7(5-8)3-4-11(9,10)6-7/h2-4,6H2,1H3. The Morgan fingerprint density at radius 2 is 2.27 bits per heavy atom. The van der Waals surface area contributed by atoms with Crippen LogP contribution in [0.25, 0.3) is 0 Å². The van der Waals surface area contributed by atoms with Gasteiger partial charge < -0.3 is 0 Å². The van der Waals surface area contributed by atoms with Crippen molar-refractivity contribution < 1.29 is 8.42 Å². The average Bonchev–Trinajstić information content (AvgIpc) is 2.28. The van der Waals surface area contributed by atoms with Crippen LogP contribution in [-0.4, -0.2) is 19.9 Å². The molecule has 1 aliphatic heterocycles. The molecule has 62 valence electrons. The Hall–Kier alpha value is -0.560. The summed E-state index contributed by atoms with van der Waals surface area (Å²) in [6, 6.07) is 2.10. The van der Waals surface area contributed by atoms with E-state index >= 15 is 0 Å². The number of hydrogen-bond acceptors (Lipinski definition) is 3. The predicted octanol–water partition coefficient (Wildman–Crippen LogP) is 0.725. The Morgan fingerprint density at radius 3 is 2.45 bits per heavy atom. The third-order valence-electron chi connectivity index (χ3n) is 2.30. The molecule has 0 aromatic rings. The molecule has 0 amide bonds. The summed E-state index contributed by atoms with van der Waals surface area (Å²) in [5.41, 5.74) is -0.571. The quantitative estimate of drug-likeness (QED) is 0.587. The van der Waals surface area contributed by atoms with Crippen molar-refractivity contribution >= 4 is 9.84 Å². The van der Waals surface area contributed by atoms with E-state index in [1.807, 2.05) is 6.92 Å². The highest BCUT2D eigenvalue weighted by atomic mass is 32.2. The molecular weight excluding hydrogens is 162 g/mol. The maximum absolute atomic E-state index is 11.0. The first-order valence-electron chi connectivity index (χ1n) is 3.65. The average molecular weight is 173 g/mol. The normalized spacial score (nSPS) is 34.9. The van der Waals surface area contributed by atoms with E-state index in [4.69, 9.17) is 5.26 Å². The third-order valence-corrected chi connectivity index (χ3v) is 4.12. The lowest BCUT2D eigenvalue weighted by Crippen LogP contribution is -2.18. The summed E-state index contributed by atoms with van der Waals surface area (Å²) in [6.45, 7) is 1.87. The molecule has 0 aromatic heterocycles. The SMILES string of the molecule is CCC1(C#N)CCS(=O)(=O)C1. The molecule has 3 nitrogen and oxygen atoms in total. The van der Waals surface area contributed by atoms with Crippen LogP contribution in [0.1, 0.15) is 19.8 Å². The van der Waals surface area contributed by atoms with Gasteiger partial charge in [0.1, 0.15) is 0 Å². The lowest BCUT2D eigenvalue weighted by Gasteiger charge is -2.14. The maximum atomic E-state index is 11.0. The van der Waals surface area contributed by atoms with Crippen molar-refractivity contribution in [2.75, 3.05) is 11.5 Å². The van der Waals surface area contributed by atoms with Gasteiger partial charge in [0.2, 0.25) is 0 Å². The largest absolute Gasteiger partial charge is 0.229 e. The van der Waals surface area contributed by atoms with Crippen LogP contribution in [0.4, 0.5) is 0 Å². The van der Waals surface area contributed by atoms with Gasteiger partial charge in [-0.25, -0.2) is 8.42 Å². The van der Waals surface area contributed by atoms with Crippen molar-refractivity contribution in [2.24, 2.45) is 5.41 Å². The zero-order valence-electron chi connectivity index (χ0n) is 6.50. The summed E-state index contributed by atoms with van der Waals surface area (Å²) in [6.07, 6.45) is 1.16. The molecule has 0 aliphatic carbocycles. The monoisotopic (exact) mass is 173 g/mol. The van der Waals surface area contributed by atoms with Crippen molar-refractivity contribution in [1.29, 1.82) is 5.26 Å². The summed E-state index contributed by atoms with van der Waals surface area (Å²) in [5, 5.41) is 8.73. The summed E-state index contributed by atoms with van der Waals surface area (Å²) in [4.78, 5) is 0. The van der Waals surface area contributed by atoms with Gasteiger partial charge in [-0.1, -0.05) is 6.92 Å². The second-order valence-electron chi connectivity index (χ2n) is 3.09. The lowest BCUT2D eigenvalue weighted by molar-refractivity contribution is 0.437. The Morgan fingerprint density at radius 1 is 1.64 bits per heavy atom. The molecular formula is C7H11NO2S. The molecule has 1 heterocycles. The summed E-state index contributed by atoms with van der Waals surface area (Å²) >= 11 is 0. The first kappa shape index (κ1) is 8.54. The van der Waals surface area contributed by atoms with Crippen LogP contribution in [0.5, 0.6) is 0 Å². The highest BCUT2D eigenvalue weighted by Gasteiger charge is 2.40. The van der Waals surface area contributed by atoms with E-state index in [1.54, 1.807) is 0 Å². The number of nitriles is 1. The van der Waals surface area contributed by atoms with Gasteiger partial charge in [-0.2, -0.15) is 5.26 Å². The van der Waals surface area contributed by atoms with Crippen molar-refractivity contribution in [3.63, 3.8) is 0 Å². The minimum absolute atomic E-state index is 0.0625. The van der Waals surface area contributed by atoms with Crippen LogP contribution < -0.4 is 0 Å². The lowest BCUT2D eigenvalue weighted by atomic mass is 9.87. The van der Waals surface area contributed by atoms with Gasteiger partial charge in [-0.05, 0) is 12.8 Å². The van der Waals surface area contributed by atoms with E-state index in [0.717, 1.165) is 0 Å². The van der Waals surface area contributed by atoms with Gasteiger partial charge in [-0.15, -0.1) is 0 Å². The molecule has 0 radical (unpaired) electrons. The van der Waals surface area contributed by atoms with Gasteiger partial charge in [0.25, 0.3) is 0 Å². The molecule has 1 fully saturated rings. The first-order valence-corrected chi connectivity index (χ1v) is 5.47. The molecule has 1 rings (SSSR count). The molecule has 0 aromatic carbocycles. The number of rotatable bonds is 1. The minimum Gasteiger partial charge on any atom is -0.229 e. The molecule has 1 unspecified atom stereocenters. The molecule has 0 saturated carbocycles. The molecule has 1 saturated heterocycles. The highest BCUT2D eigenvalue weighted by Crippen LogP contribution is 2.34. The summed E-state index contributed by atoms with van der Waals surface area (Å²) in [5.74, 6) is 0.251. The fourth-order valence-corrected chi connectivity index (χ4v) is 3.46. The Labute approximate surface area is 66.9 Å². The van der Waals surface area contributed by atoms with Gasteiger partial charge in [0.05, 0.1) is 23.0 Å². The van der Waals surface area contributed by atoms with Gasteiger partial charge >= 0.3 is 0 Å². The number of sulfone groups is 1. The Balaban J connectivity index is 2.90. The topological polar surface area (TPSA) is 57.9 Å². The van der Waals surface area contributed by atoms with E-state index in [1.165, 1.54) is 0 Å². The van der Waals surface area contributed by atoms with Crippen molar-refractivity contribution in [3.8, 4) is 6.07 Å². The number of hydrogen-bond donors (Lipinski definition) is 0. The third kappa shape index (κ3) is 1.54. The van der Waals surface area contributed by atoms with Crippen LogP contribution in [0, 0.1) is 16.7 Å². The minimum atomic E-state index is -2.90. The molecule has 11 heavy (non-hydrogen) atoms. The van der Waals surface area contributed by atoms with E-state index in [-0.39, 0.29) is 11.5 Å². The van der Waals surface area contributed by atoms with Crippen LogP contribution in [-0.2, 0) is 9.84 Å². The maximum Gasteiger partial charge on any atom is 0.151 e. The molecule has 0 N–H and O–H groups in total. The molecule has 1 atom stereocenters. The Bertz CT molecular complexity index is 288. The zero-order valence-corrected chi connectivity index (χ0v) is 7.32. The number of nitrogens with zero attached hydrogens (tertiary/aromatic N) is 1. The fourth-order valence-electron chi connectivity index (χ4n) is 1.36.